The summed E-state index contributed by atoms with van der Waals surface area (Å²) in [7, 11) is 0. The number of aromatic nitrogens is 2. The molecule has 0 spiro atoms. The van der Waals surface area contributed by atoms with Gasteiger partial charge in [0.15, 0.2) is 0 Å². The van der Waals surface area contributed by atoms with E-state index >= 15 is 0 Å². The van der Waals surface area contributed by atoms with Gasteiger partial charge in [0.1, 0.15) is 22.9 Å². The molecule has 5 nitrogen and oxygen atoms in total. The molecule has 33 heavy (non-hydrogen) atoms. The Kier molecular flexibility index (Phi) is 5.85. The maximum atomic E-state index is 12.3. The van der Waals surface area contributed by atoms with Crippen molar-refractivity contribution in [3.63, 3.8) is 0 Å². The molecule has 0 unspecified atom stereocenters. The van der Waals surface area contributed by atoms with Crippen LogP contribution in [0, 0.1) is 0 Å². The molecule has 1 N–H and O–H groups in total. The predicted octanol–water partition coefficient (Wildman–Crippen LogP) is 5.76. The SMILES string of the molecule is O=C(Cc1ccccc1)Oc1ccc(-c2nc3ccccn3c2NCc2ccccc2)cc1. The second-order valence-corrected chi connectivity index (χ2v) is 7.74. The van der Waals surface area contributed by atoms with Gasteiger partial charge in [-0.25, -0.2) is 4.98 Å². The lowest BCUT2D eigenvalue weighted by molar-refractivity contribution is -0.133. The normalized spacial score (nSPS) is 10.8. The van der Waals surface area contributed by atoms with Gasteiger partial charge in [0.05, 0.1) is 6.42 Å². The lowest BCUT2D eigenvalue weighted by Gasteiger charge is -2.10. The zero-order valence-corrected chi connectivity index (χ0v) is 18.0. The highest BCUT2D eigenvalue weighted by Gasteiger charge is 2.14. The van der Waals surface area contributed by atoms with Gasteiger partial charge in [0.25, 0.3) is 0 Å². The summed E-state index contributed by atoms with van der Waals surface area (Å²) in [6, 6.07) is 33.3. The molecule has 0 radical (unpaired) electrons. The van der Waals surface area contributed by atoms with Crippen molar-refractivity contribution < 1.29 is 9.53 Å². The molecule has 0 amide bonds. The third-order valence-corrected chi connectivity index (χ3v) is 5.38. The van der Waals surface area contributed by atoms with E-state index in [1.165, 1.54) is 5.56 Å². The van der Waals surface area contributed by atoms with Crippen LogP contribution in [0.15, 0.2) is 109 Å². The van der Waals surface area contributed by atoms with Crippen molar-refractivity contribution in [3.8, 4) is 17.0 Å². The number of hydrogen-bond acceptors (Lipinski definition) is 4. The molecule has 162 valence electrons. The number of carbonyl (C=O) groups excluding carboxylic acids is 1. The van der Waals surface area contributed by atoms with E-state index in [2.05, 4.69) is 17.4 Å². The molecule has 5 aromatic rings. The lowest BCUT2D eigenvalue weighted by Crippen LogP contribution is -2.11. The van der Waals surface area contributed by atoms with Crippen molar-refractivity contribution >= 4 is 17.4 Å². The minimum Gasteiger partial charge on any atom is -0.426 e. The summed E-state index contributed by atoms with van der Waals surface area (Å²) in [5, 5.41) is 3.54. The highest BCUT2D eigenvalue weighted by Crippen LogP contribution is 2.30. The van der Waals surface area contributed by atoms with Crippen LogP contribution in [-0.2, 0) is 17.8 Å². The van der Waals surface area contributed by atoms with E-state index in [4.69, 9.17) is 9.72 Å². The molecular formula is C28H23N3O2. The van der Waals surface area contributed by atoms with Crippen LogP contribution in [0.5, 0.6) is 5.75 Å². The van der Waals surface area contributed by atoms with Crippen LogP contribution in [0.25, 0.3) is 16.9 Å². The minimum absolute atomic E-state index is 0.239. The Labute approximate surface area is 192 Å². The summed E-state index contributed by atoms with van der Waals surface area (Å²) in [6.07, 6.45) is 2.24. The number of nitrogens with zero attached hydrogens (tertiary/aromatic N) is 2. The number of ether oxygens (including phenoxy) is 1. The zero-order valence-electron chi connectivity index (χ0n) is 18.0. The summed E-state index contributed by atoms with van der Waals surface area (Å²) in [4.78, 5) is 17.1. The van der Waals surface area contributed by atoms with Crippen LogP contribution < -0.4 is 10.1 Å². The first-order valence-electron chi connectivity index (χ1n) is 10.9. The number of pyridine rings is 1. The molecule has 0 aliphatic carbocycles. The fourth-order valence-corrected chi connectivity index (χ4v) is 3.76. The fraction of sp³-hybridized carbons (Fsp3) is 0.0714. The molecule has 0 aliphatic rings. The molecule has 2 aromatic heterocycles. The Bertz CT molecular complexity index is 1360. The predicted molar refractivity (Wildman–Crippen MR) is 130 cm³/mol. The van der Waals surface area contributed by atoms with Gasteiger partial charge in [-0.2, -0.15) is 0 Å². The van der Waals surface area contributed by atoms with Crippen molar-refractivity contribution in [3.05, 3.63) is 120 Å². The number of carbonyl (C=O) groups is 1. The molecule has 0 atom stereocenters. The maximum Gasteiger partial charge on any atom is 0.315 e. The molecule has 5 rings (SSSR count). The average molecular weight is 434 g/mol. The van der Waals surface area contributed by atoms with E-state index in [-0.39, 0.29) is 12.4 Å². The molecule has 3 aromatic carbocycles. The van der Waals surface area contributed by atoms with Crippen molar-refractivity contribution in [1.29, 1.82) is 0 Å². The van der Waals surface area contributed by atoms with E-state index in [0.717, 1.165) is 28.3 Å². The van der Waals surface area contributed by atoms with Crippen LogP contribution in [0.3, 0.4) is 0 Å². The van der Waals surface area contributed by atoms with Gasteiger partial charge in [-0.1, -0.05) is 66.7 Å². The quantitative estimate of drug-likeness (QED) is 0.262. The topological polar surface area (TPSA) is 55.6 Å². The van der Waals surface area contributed by atoms with E-state index in [0.29, 0.717) is 12.3 Å². The Balaban J connectivity index is 1.36. The third-order valence-electron chi connectivity index (χ3n) is 5.38. The Morgan fingerprint density at radius 1 is 0.788 bits per heavy atom. The minimum atomic E-state index is -0.285. The van der Waals surface area contributed by atoms with Gasteiger partial charge in [0, 0.05) is 18.3 Å². The number of imidazole rings is 1. The van der Waals surface area contributed by atoms with Crippen LogP contribution in [0.1, 0.15) is 11.1 Å². The largest absolute Gasteiger partial charge is 0.426 e. The number of esters is 1. The van der Waals surface area contributed by atoms with Crippen LogP contribution in [0.4, 0.5) is 5.82 Å². The Morgan fingerprint density at radius 2 is 1.45 bits per heavy atom. The van der Waals surface area contributed by atoms with E-state index < -0.39 is 0 Å². The molecule has 0 aliphatic heterocycles. The van der Waals surface area contributed by atoms with Gasteiger partial charge in [-0.15, -0.1) is 0 Å². The first-order chi connectivity index (χ1) is 16.3. The van der Waals surface area contributed by atoms with Crippen molar-refractivity contribution in [1.82, 2.24) is 9.38 Å². The second-order valence-electron chi connectivity index (χ2n) is 7.74. The Morgan fingerprint density at radius 3 is 2.18 bits per heavy atom. The number of anilines is 1. The summed E-state index contributed by atoms with van der Waals surface area (Å²) >= 11 is 0. The van der Waals surface area contributed by atoms with Crippen molar-refractivity contribution in [2.24, 2.45) is 0 Å². The number of benzene rings is 3. The van der Waals surface area contributed by atoms with Crippen LogP contribution >= 0.6 is 0 Å². The van der Waals surface area contributed by atoms with Crippen molar-refractivity contribution in [2.75, 3.05) is 5.32 Å². The van der Waals surface area contributed by atoms with Crippen LogP contribution in [-0.4, -0.2) is 15.4 Å². The van der Waals surface area contributed by atoms with E-state index in [1.807, 2.05) is 102 Å². The highest BCUT2D eigenvalue weighted by atomic mass is 16.5. The maximum absolute atomic E-state index is 12.3. The van der Waals surface area contributed by atoms with Gasteiger partial charge in [-0.05, 0) is 47.5 Å². The summed E-state index contributed by atoms with van der Waals surface area (Å²) in [5.41, 5.74) is 4.77. The van der Waals surface area contributed by atoms with Gasteiger partial charge in [0.2, 0.25) is 0 Å². The van der Waals surface area contributed by atoms with E-state index in [1.54, 1.807) is 0 Å². The molecule has 0 saturated heterocycles. The second kappa shape index (κ2) is 9.40. The summed E-state index contributed by atoms with van der Waals surface area (Å²) in [6.45, 7) is 0.686. The van der Waals surface area contributed by atoms with Gasteiger partial charge in [-0.3, -0.25) is 9.20 Å². The smallest absolute Gasteiger partial charge is 0.315 e. The number of nitrogens with one attached hydrogen (secondary N) is 1. The fourth-order valence-electron chi connectivity index (χ4n) is 3.76. The summed E-state index contributed by atoms with van der Waals surface area (Å²) in [5.74, 6) is 1.15. The zero-order chi connectivity index (χ0) is 22.5. The number of fused-ring (bicyclic) bond motifs is 1. The standard InChI is InChI=1S/C28H23N3O2/c32-26(19-21-9-3-1-4-10-21)33-24-16-14-23(15-17-24)27-28(29-20-22-11-5-2-6-12-22)31-18-8-7-13-25(31)30-27/h1-18,29H,19-20H2. The average Bonchev–Trinajstić information content (AvgIpc) is 3.23. The molecule has 2 heterocycles. The first kappa shape index (κ1) is 20.5. The van der Waals surface area contributed by atoms with E-state index in [9.17, 15) is 4.79 Å². The Hall–Kier alpha value is -4.38. The molecule has 0 bridgehead atoms. The third kappa shape index (κ3) is 4.77. The summed E-state index contributed by atoms with van der Waals surface area (Å²) < 4.78 is 7.57. The van der Waals surface area contributed by atoms with Crippen molar-refractivity contribution in [2.45, 2.75) is 13.0 Å². The lowest BCUT2D eigenvalue weighted by atomic mass is 10.1. The molecule has 0 fully saturated rings. The van der Waals surface area contributed by atoms with Gasteiger partial charge < -0.3 is 10.1 Å². The molecule has 5 heteroatoms. The number of hydrogen-bond donors (Lipinski definition) is 1. The highest BCUT2D eigenvalue weighted by molar-refractivity contribution is 5.78. The van der Waals surface area contributed by atoms with Crippen LogP contribution in [0.2, 0.25) is 0 Å². The molecule has 0 saturated carbocycles. The monoisotopic (exact) mass is 433 g/mol. The number of rotatable bonds is 7. The molecular weight excluding hydrogens is 410 g/mol. The van der Waals surface area contributed by atoms with Gasteiger partial charge >= 0.3 is 5.97 Å². The first-order valence-corrected chi connectivity index (χ1v) is 10.9.